The van der Waals surface area contributed by atoms with E-state index in [-0.39, 0.29) is 18.9 Å². The van der Waals surface area contributed by atoms with Gasteiger partial charge in [-0.15, -0.1) is 0 Å². The number of carbonyl (C=O) groups excluding carboxylic acids is 2. The number of nitrogens with one attached hydrogen (secondary N) is 1. The number of nitrogens with zero attached hydrogens (tertiary/aromatic N) is 1. The smallest absolute Gasteiger partial charge is 0.226 e. The highest BCUT2D eigenvalue weighted by atomic mass is 35.5. The minimum absolute atomic E-state index is 0.0138. The Morgan fingerprint density at radius 1 is 1.19 bits per heavy atom. The second-order valence-corrected chi connectivity index (χ2v) is 5.79. The number of halogens is 3. The summed E-state index contributed by atoms with van der Waals surface area (Å²) in [5.74, 6) is -2.23. The van der Waals surface area contributed by atoms with Crippen molar-refractivity contribution in [3.8, 4) is 5.75 Å². The summed E-state index contributed by atoms with van der Waals surface area (Å²) in [4.78, 5) is 25.2. The van der Waals surface area contributed by atoms with Gasteiger partial charge >= 0.3 is 0 Å². The van der Waals surface area contributed by atoms with Crippen LogP contribution < -0.4 is 15.0 Å². The van der Waals surface area contributed by atoms with Gasteiger partial charge in [-0.1, -0.05) is 17.7 Å². The molecule has 0 fully saturated rings. The van der Waals surface area contributed by atoms with Crippen LogP contribution in [0.4, 0.5) is 20.2 Å². The topological polar surface area (TPSA) is 58.6 Å². The third-order valence-electron chi connectivity index (χ3n) is 3.62. The van der Waals surface area contributed by atoms with Gasteiger partial charge in [0, 0.05) is 25.6 Å². The molecule has 0 aromatic heterocycles. The van der Waals surface area contributed by atoms with Crippen molar-refractivity contribution in [3.63, 3.8) is 0 Å². The van der Waals surface area contributed by atoms with Gasteiger partial charge in [0.05, 0.1) is 12.1 Å². The van der Waals surface area contributed by atoms with E-state index < -0.39 is 23.2 Å². The van der Waals surface area contributed by atoms with Crippen LogP contribution >= 0.6 is 11.6 Å². The van der Waals surface area contributed by atoms with Crippen LogP contribution in [0.3, 0.4) is 0 Å². The highest BCUT2D eigenvalue weighted by Gasteiger charge is 2.17. The molecule has 0 saturated heterocycles. The Morgan fingerprint density at radius 3 is 2.38 bits per heavy atom. The van der Waals surface area contributed by atoms with E-state index in [1.54, 1.807) is 12.1 Å². The fourth-order valence-corrected chi connectivity index (χ4v) is 2.58. The number of hydrogen-bond donors (Lipinski definition) is 1. The van der Waals surface area contributed by atoms with Crippen molar-refractivity contribution in [2.75, 3.05) is 23.9 Å². The van der Waals surface area contributed by atoms with E-state index in [9.17, 15) is 18.4 Å². The number of anilines is 2. The lowest BCUT2D eigenvalue weighted by atomic mass is 10.2. The van der Waals surface area contributed by atoms with Crippen LogP contribution in [0, 0.1) is 11.6 Å². The summed E-state index contributed by atoms with van der Waals surface area (Å²) < 4.78 is 32.2. The summed E-state index contributed by atoms with van der Waals surface area (Å²) in [6.07, 6.45) is -0.156. The quantitative estimate of drug-likeness (QED) is 0.821. The number of hydrogen-bond acceptors (Lipinski definition) is 3. The van der Waals surface area contributed by atoms with Gasteiger partial charge in [0.2, 0.25) is 11.8 Å². The Labute approximate surface area is 154 Å². The van der Waals surface area contributed by atoms with Crippen molar-refractivity contribution in [3.05, 3.63) is 53.1 Å². The molecule has 2 aromatic carbocycles. The average Bonchev–Trinajstić information content (AvgIpc) is 2.58. The molecule has 26 heavy (non-hydrogen) atoms. The molecule has 138 valence electrons. The Kier molecular flexibility index (Phi) is 6.52. The van der Waals surface area contributed by atoms with Crippen molar-refractivity contribution < 1.29 is 23.1 Å². The molecule has 0 radical (unpaired) electrons. The van der Waals surface area contributed by atoms with Gasteiger partial charge in [-0.25, -0.2) is 8.78 Å². The number of carbonyl (C=O) groups is 2. The maximum atomic E-state index is 13.6. The molecule has 0 atom stereocenters. The van der Waals surface area contributed by atoms with E-state index in [4.69, 9.17) is 16.3 Å². The third kappa shape index (κ3) is 4.70. The molecule has 2 rings (SSSR count). The number of ether oxygens (including phenoxy) is 1. The first kappa shape index (κ1) is 19.7. The van der Waals surface area contributed by atoms with E-state index in [0.717, 1.165) is 12.1 Å². The number of methoxy groups -OCH3 is 1. The van der Waals surface area contributed by atoms with Crippen LogP contribution in [0.1, 0.15) is 13.3 Å². The molecule has 0 heterocycles. The maximum Gasteiger partial charge on any atom is 0.226 e. The highest BCUT2D eigenvalue weighted by Crippen LogP contribution is 2.29. The minimum Gasteiger partial charge on any atom is -0.495 e. The Morgan fingerprint density at radius 2 is 1.85 bits per heavy atom. The Balaban J connectivity index is 2.08. The first-order valence-electron chi connectivity index (χ1n) is 7.69. The Bertz CT molecular complexity index is 810. The number of amides is 2. The monoisotopic (exact) mass is 382 g/mol. The number of rotatable bonds is 6. The molecular formula is C18H17ClF2N2O3. The Hall–Kier alpha value is -2.67. The van der Waals surface area contributed by atoms with E-state index in [1.807, 2.05) is 0 Å². The van der Waals surface area contributed by atoms with Crippen LogP contribution in [-0.2, 0) is 9.59 Å². The zero-order valence-corrected chi connectivity index (χ0v) is 14.9. The van der Waals surface area contributed by atoms with Crippen LogP contribution in [0.2, 0.25) is 5.02 Å². The SMILES string of the molecule is COc1ccc(N(CCC(=O)Nc2c(F)cccc2F)C(C)=O)cc1Cl. The van der Waals surface area contributed by atoms with Gasteiger partial charge in [0.25, 0.3) is 0 Å². The summed E-state index contributed by atoms with van der Waals surface area (Å²) in [5.41, 5.74) is -0.0347. The molecule has 0 aliphatic carbocycles. The molecule has 8 heteroatoms. The third-order valence-corrected chi connectivity index (χ3v) is 3.91. The minimum atomic E-state index is -0.872. The zero-order valence-electron chi connectivity index (χ0n) is 14.2. The second-order valence-electron chi connectivity index (χ2n) is 5.38. The van der Waals surface area contributed by atoms with Gasteiger partial charge in [-0.2, -0.15) is 0 Å². The molecule has 2 aromatic rings. The first-order chi connectivity index (χ1) is 12.3. The first-order valence-corrected chi connectivity index (χ1v) is 8.06. The lowest BCUT2D eigenvalue weighted by Gasteiger charge is -2.21. The molecule has 0 bridgehead atoms. The molecular weight excluding hydrogens is 366 g/mol. The summed E-state index contributed by atoms with van der Waals surface area (Å²) in [5, 5.41) is 2.49. The number of para-hydroxylation sites is 1. The largest absolute Gasteiger partial charge is 0.495 e. The number of benzene rings is 2. The van der Waals surface area contributed by atoms with Gasteiger partial charge in [-0.05, 0) is 30.3 Å². The van der Waals surface area contributed by atoms with E-state index in [2.05, 4.69) is 5.32 Å². The van der Waals surface area contributed by atoms with Crippen molar-refractivity contribution in [1.29, 1.82) is 0 Å². The van der Waals surface area contributed by atoms with Crippen LogP contribution in [0.5, 0.6) is 5.75 Å². The van der Waals surface area contributed by atoms with Crippen LogP contribution in [0.25, 0.3) is 0 Å². The van der Waals surface area contributed by atoms with Crippen LogP contribution in [-0.4, -0.2) is 25.5 Å². The lowest BCUT2D eigenvalue weighted by Crippen LogP contribution is -2.32. The molecule has 0 unspecified atom stereocenters. The van der Waals surface area contributed by atoms with Crippen molar-refractivity contribution >= 4 is 34.8 Å². The molecule has 0 aliphatic heterocycles. The van der Waals surface area contributed by atoms with Gasteiger partial charge < -0.3 is 15.0 Å². The second kappa shape index (κ2) is 8.62. The van der Waals surface area contributed by atoms with Gasteiger partial charge in [0.15, 0.2) is 0 Å². The summed E-state index contributed by atoms with van der Waals surface area (Å²) in [7, 11) is 1.47. The van der Waals surface area contributed by atoms with E-state index in [1.165, 1.54) is 31.1 Å². The summed E-state index contributed by atoms with van der Waals surface area (Å²) >= 11 is 6.06. The molecule has 0 aliphatic rings. The molecule has 0 saturated carbocycles. The zero-order chi connectivity index (χ0) is 19.3. The van der Waals surface area contributed by atoms with Gasteiger partial charge in [-0.3, -0.25) is 9.59 Å². The van der Waals surface area contributed by atoms with Crippen molar-refractivity contribution in [1.82, 2.24) is 0 Å². The predicted molar refractivity (Wildman–Crippen MR) is 95.6 cm³/mol. The molecule has 0 spiro atoms. The van der Waals surface area contributed by atoms with Gasteiger partial charge in [0.1, 0.15) is 23.1 Å². The average molecular weight is 383 g/mol. The lowest BCUT2D eigenvalue weighted by molar-refractivity contribution is -0.117. The summed E-state index contributed by atoms with van der Waals surface area (Å²) in [6.45, 7) is 1.35. The fourth-order valence-electron chi connectivity index (χ4n) is 2.32. The predicted octanol–water partition coefficient (Wildman–Crippen LogP) is 4.01. The normalized spacial score (nSPS) is 10.3. The molecule has 5 nitrogen and oxygen atoms in total. The van der Waals surface area contributed by atoms with E-state index >= 15 is 0 Å². The van der Waals surface area contributed by atoms with E-state index in [0.29, 0.717) is 16.5 Å². The van der Waals surface area contributed by atoms with Crippen molar-refractivity contribution in [2.24, 2.45) is 0 Å². The van der Waals surface area contributed by atoms with Crippen LogP contribution in [0.15, 0.2) is 36.4 Å². The molecule has 2 amide bonds. The summed E-state index contributed by atoms with van der Waals surface area (Å²) in [6, 6.07) is 8.05. The maximum absolute atomic E-state index is 13.6. The van der Waals surface area contributed by atoms with Crippen molar-refractivity contribution in [2.45, 2.75) is 13.3 Å². The fraction of sp³-hybridized carbons (Fsp3) is 0.222. The standard InChI is InChI=1S/C18H17ClF2N2O3/c1-11(24)23(12-6-7-16(26-2)13(19)10-12)9-8-17(25)22-18-14(20)4-3-5-15(18)21/h3-7,10H,8-9H2,1-2H3,(H,22,25). The molecule has 1 N–H and O–H groups in total. The highest BCUT2D eigenvalue weighted by molar-refractivity contribution is 6.32.